The number of carbonyl (C=O) groups is 2. The second-order valence-corrected chi connectivity index (χ2v) is 11.7. The smallest absolute Gasteiger partial charge is 0.268 e. The van der Waals surface area contributed by atoms with Gasteiger partial charge in [0.15, 0.2) is 5.75 Å². The molecule has 2 rings (SSSR count). The molecule has 2 amide bonds. The van der Waals surface area contributed by atoms with Crippen LogP contribution in [-0.4, -0.2) is 31.7 Å². The molecule has 0 bridgehead atoms. The van der Waals surface area contributed by atoms with Crippen molar-refractivity contribution in [1.29, 1.82) is 0 Å². The zero-order chi connectivity index (χ0) is 30.0. The normalized spacial score (nSPS) is 12.5. The van der Waals surface area contributed by atoms with Crippen molar-refractivity contribution in [2.75, 3.05) is 35.0 Å². The van der Waals surface area contributed by atoms with Crippen LogP contribution < -0.4 is 36.7 Å². The van der Waals surface area contributed by atoms with Gasteiger partial charge in [0.05, 0.1) is 24.2 Å². The first-order valence-corrected chi connectivity index (χ1v) is 14.8. The lowest BCUT2D eigenvalue weighted by atomic mass is 9.86. The van der Waals surface area contributed by atoms with E-state index in [1.807, 2.05) is 25.3 Å². The van der Waals surface area contributed by atoms with E-state index in [-0.39, 0.29) is 22.9 Å². The van der Waals surface area contributed by atoms with Gasteiger partial charge in [-0.3, -0.25) is 14.6 Å². The highest BCUT2D eigenvalue weighted by molar-refractivity contribution is 7.99. The molecule has 0 spiro atoms. The number of nitrogens with one attached hydrogen (secondary N) is 3. The van der Waals surface area contributed by atoms with Crippen molar-refractivity contribution < 1.29 is 14.3 Å². The number of rotatable bonds is 13. The Morgan fingerprint density at radius 2 is 1.85 bits per heavy atom. The molecular weight excluding hydrogens is 524 g/mol. The number of anilines is 3. The second-order valence-electron chi connectivity index (χ2n) is 11.1. The molecule has 220 valence electrons. The van der Waals surface area contributed by atoms with Crippen molar-refractivity contribution in [2.24, 2.45) is 17.5 Å². The fraction of sp³-hybridized carbons (Fsp3) is 0.467. The van der Waals surface area contributed by atoms with Crippen LogP contribution >= 0.6 is 11.9 Å². The van der Waals surface area contributed by atoms with Crippen LogP contribution in [0.4, 0.5) is 17.1 Å². The quantitative estimate of drug-likeness (QED) is 0.0900. The number of amides is 2. The average molecular weight is 571 g/mol. The monoisotopic (exact) mass is 570 g/mol. The standard InChI is InChI=1S/C30H46N6O3S/c1-9-10-11-19(2)17-33-29(38)23(31)18-36(32)26-14-21(13-12-20(26)3)28(37)34-24-15-22(30(4,5)6)16-25(35-40-8)27(24)39-7/h12-16,18-19,35H,9-11,17,31-32H2,1-8H3,(H,33,38)(H,34,37)/b23-18-. The first-order chi connectivity index (χ1) is 18.8. The van der Waals surface area contributed by atoms with Crippen molar-refractivity contribution >= 4 is 40.8 Å². The van der Waals surface area contributed by atoms with Crippen LogP contribution in [0, 0.1) is 12.8 Å². The van der Waals surface area contributed by atoms with E-state index in [4.69, 9.17) is 16.3 Å². The largest absolute Gasteiger partial charge is 0.492 e. The van der Waals surface area contributed by atoms with E-state index >= 15 is 0 Å². The van der Waals surface area contributed by atoms with Gasteiger partial charge in [-0.2, -0.15) is 0 Å². The molecule has 0 aliphatic carbocycles. The number of nitrogens with zero attached hydrogens (tertiary/aromatic N) is 1. The molecule has 2 aromatic rings. The van der Waals surface area contributed by atoms with Gasteiger partial charge in [0, 0.05) is 24.6 Å². The summed E-state index contributed by atoms with van der Waals surface area (Å²) in [4.78, 5) is 25.9. The molecule has 9 nitrogen and oxygen atoms in total. The molecule has 2 aromatic carbocycles. The molecule has 0 saturated heterocycles. The fourth-order valence-corrected chi connectivity index (χ4v) is 4.46. The molecule has 0 aromatic heterocycles. The summed E-state index contributed by atoms with van der Waals surface area (Å²) in [6.07, 6.45) is 6.57. The van der Waals surface area contributed by atoms with Crippen LogP contribution in [0.3, 0.4) is 0 Å². The number of methoxy groups -OCH3 is 1. The number of unbranched alkanes of at least 4 members (excludes halogenated alkanes) is 1. The Morgan fingerprint density at radius 3 is 2.45 bits per heavy atom. The van der Waals surface area contributed by atoms with Crippen LogP contribution in [0.1, 0.15) is 75.4 Å². The molecule has 0 heterocycles. The van der Waals surface area contributed by atoms with Crippen molar-refractivity contribution in [3.05, 3.63) is 58.9 Å². The summed E-state index contributed by atoms with van der Waals surface area (Å²) in [6, 6.07) is 9.14. The van der Waals surface area contributed by atoms with Crippen LogP contribution in [0.25, 0.3) is 0 Å². The molecule has 40 heavy (non-hydrogen) atoms. The fourth-order valence-electron chi connectivity index (χ4n) is 4.09. The maximum atomic E-state index is 13.4. The van der Waals surface area contributed by atoms with Gasteiger partial charge in [0.1, 0.15) is 5.70 Å². The van der Waals surface area contributed by atoms with Crippen LogP contribution in [0.15, 0.2) is 42.2 Å². The summed E-state index contributed by atoms with van der Waals surface area (Å²) in [7, 11) is 1.57. The summed E-state index contributed by atoms with van der Waals surface area (Å²) in [5, 5.41) is 7.13. The van der Waals surface area contributed by atoms with Crippen molar-refractivity contribution in [2.45, 2.75) is 66.2 Å². The van der Waals surface area contributed by atoms with Gasteiger partial charge in [-0.15, -0.1) is 0 Å². The number of carbonyl (C=O) groups excluding carboxylic acids is 2. The third-order valence-electron chi connectivity index (χ3n) is 6.57. The lowest BCUT2D eigenvalue weighted by Gasteiger charge is -2.24. The summed E-state index contributed by atoms with van der Waals surface area (Å²) >= 11 is 1.44. The van der Waals surface area contributed by atoms with Crippen molar-refractivity contribution in [1.82, 2.24) is 5.32 Å². The van der Waals surface area contributed by atoms with E-state index in [0.29, 0.717) is 35.2 Å². The lowest BCUT2D eigenvalue weighted by Crippen LogP contribution is -2.35. The molecule has 0 aliphatic rings. The maximum absolute atomic E-state index is 13.4. The molecule has 0 radical (unpaired) electrons. The Hall–Kier alpha value is -3.37. The first kappa shape index (κ1) is 32.8. The van der Waals surface area contributed by atoms with E-state index in [9.17, 15) is 9.59 Å². The SMILES string of the molecule is CCCCC(C)CNC(=O)/C(N)=C/N(N)c1cc(C(=O)Nc2cc(C(C)(C)C)cc(NSC)c2OC)ccc1C. The van der Waals surface area contributed by atoms with Crippen LogP contribution in [-0.2, 0) is 10.2 Å². The molecular formula is C30H46N6O3S. The zero-order valence-corrected chi connectivity index (χ0v) is 25.9. The Labute approximate surface area is 243 Å². The molecule has 1 unspecified atom stereocenters. The van der Waals surface area contributed by atoms with Gasteiger partial charge >= 0.3 is 0 Å². The van der Waals surface area contributed by atoms with Crippen LogP contribution in [0.5, 0.6) is 5.75 Å². The Balaban J connectivity index is 2.28. The molecule has 1 atom stereocenters. The average Bonchev–Trinajstić information content (AvgIpc) is 2.90. The predicted molar refractivity (Wildman–Crippen MR) is 169 cm³/mol. The number of benzene rings is 2. The van der Waals surface area contributed by atoms with Gasteiger partial charge in [0.2, 0.25) is 0 Å². The summed E-state index contributed by atoms with van der Waals surface area (Å²) in [5.74, 6) is 6.46. The highest BCUT2D eigenvalue weighted by Gasteiger charge is 2.21. The second kappa shape index (κ2) is 14.9. The predicted octanol–water partition coefficient (Wildman–Crippen LogP) is 5.67. The number of hydrogen-bond acceptors (Lipinski definition) is 8. The number of nitrogens with two attached hydrogens (primary N) is 2. The molecule has 7 N–H and O–H groups in total. The summed E-state index contributed by atoms with van der Waals surface area (Å²) < 4.78 is 8.90. The first-order valence-electron chi connectivity index (χ1n) is 13.5. The van der Waals surface area contributed by atoms with E-state index < -0.39 is 0 Å². The van der Waals surface area contributed by atoms with E-state index in [1.165, 1.54) is 23.2 Å². The Kier molecular flexibility index (Phi) is 12.2. The molecule has 0 fully saturated rings. The third kappa shape index (κ3) is 9.09. The molecule has 0 aliphatic heterocycles. The van der Waals surface area contributed by atoms with Gasteiger partial charge in [0.25, 0.3) is 11.8 Å². The Morgan fingerprint density at radius 1 is 1.18 bits per heavy atom. The van der Waals surface area contributed by atoms with Gasteiger partial charge < -0.3 is 25.8 Å². The van der Waals surface area contributed by atoms with Gasteiger partial charge in [-0.1, -0.05) is 65.5 Å². The van der Waals surface area contributed by atoms with Gasteiger partial charge in [-0.25, -0.2) is 5.84 Å². The lowest BCUT2D eigenvalue weighted by molar-refractivity contribution is -0.117. The van der Waals surface area contributed by atoms with Crippen molar-refractivity contribution in [3.63, 3.8) is 0 Å². The number of hydrazine groups is 1. The molecule has 0 saturated carbocycles. The minimum Gasteiger partial charge on any atom is -0.492 e. The minimum absolute atomic E-state index is 0.0167. The van der Waals surface area contributed by atoms with Gasteiger partial charge in [-0.05, 0) is 60.1 Å². The maximum Gasteiger partial charge on any atom is 0.268 e. The Bertz CT molecular complexity index is 1210. The van der Waals surface area contributed by atoms with E-state index in [0.717, 1.165) is 36.1 Å². The summed E-state index contributed by atoms with van der Waals surface area (Å²) in [5.41, 5.74) is 9.98. The van der Waals surface area contributed by atoms with E-state index in [1.54, 1.807) is 25.3 Å². The zero-order valence-electron chi connectivity index (χ0n) is 25.1. The van der Waals surface area contributed by atoms with E-state index in [2.05, 4.69) is 50.0 Å². The number of ether oxygens (including phenoxy) is 1. The topological polar surface area (TPSA) is 135 Å². The minimum atomic E-state index is -0.383. The summed E-state index contributed by atoms with van der Waals surface area (Å²) in [6.45, 7) is 13.0. The molecule has 10 heteroatoms. The highest BCUT2D eigenvalue weighted by Crippen LogP contribution is 2.39. The number of hydrogen-bond donors (Lipinski definition) is 5. The number of aryl methyl sites for hydroxylation is 1. The highest BCUT2D eigenvalue weighted by atomic mass is 32.2. The van der Waals surface area contributed by atoms with Crippen molar-refractivity contribution in [3.8, 4) is 5.75 Å². The third-order valence-corrected chi connectivity index (χ3v) is 6.99. The van der Waals surface area contributed by atoms with Crippen LogP contribution in [0.2, 0.25) is 0 Å².